The summed E-state index contributed by atoms with van der Waals surface area (Å²) in [5, 5.41) is 8.19. The average Bonchev–Trinajstić information content (AvgIpc) is 3.13. The molecule has 0 radical (unpaired) electrons. The summed E-state index contributed by atoms with van der Waals surface area (Å²) in [4.78, 5) is 25.1. The lowest BCUT2D eigenvalue weighted by Crippen LogP contribution is -2.48. The highest BCUT2D eigenvalue weighted by atomic mass is 32.2. The molecule has 3 aliphatic rings. The number of nitrogens with zero attached hydrogens (tertiary/aromatic N) is 1. The second kappa shape index (κ2) is 4.97. The molecule has 118 valence electrons. The standard InChI is InChI=1S/C14H21NO5S/c16-12(11-3-1-2-8-21(11,19)20)15-6-4-14(5-7-15)9-10(14)13(17)18/h10-11H,1-9H2,(H,17,18). The largest absolute Gasteiger partial charge is 0.481 e. The number of hydrogen-bond donors (Lipinski definition) is 1. The summed E-state index contributed by atoms with van der Waals surface area (Å²) in [6.07, 6.45) is 3.93. The van der Waals surface area contributed by atoms with Crippen LogP contribution in [0.1, 0.15) is 38.5 Å². The molecule has 1 N–H and O–H groups in total. The van der Waals surface area contributed by atoms with Crippen molar-refractivity contribution in [2.24, 2.45) is 11.3 Å². The van der Waals surface area contributed by atoms with Crippen LogP contribution in [0.4, 0.5) is 0 Å². The van der Waals surface area contributed by atoms with Crippen molar-refractivity contribution in [3.63, 3.8) is 0 Å². The number of amides is 1. The van der Waals surface area contributed by atoms with Crippen LogP contribution in [0.3, 0.4) is 0 Å². The zero-order valence-corrected chi connectivity index (χ0v) is 12.8. The quantitative estimate of drug-likeness (QED) is 0.808. The summed E-state index contributed by atoms with van der Waals surface area (Å²) in [7, 11) is -3.29. The number of carbonyl (C=O) groups is 2. The first-order valence-corrected chi connectivity index (χ1v) is 9.30. The van der Waals surface area contributed by atoms with Gasteiger partial charge in [-0.1, -0.05) is 6.42 Å². The number of rotatable bonds is 2. The van der Waals surface area contributed by atoms with E-state index in [9.17, 15) is 18.0 Å². The Labute approximate surface area is 124 Å². The second-order valence-electron chi connectivity index (χ2n) is 6.63. The molecule has 2 unspecified atom stereocenters. The normalized spacial score (nSPS) is 33.6. The van der Waals surface area contributed by atoms with Crippen LogP contribution in [0.25, 0.3) is 0 Å². The van der Waals surface area contributed by atoms with Crippen molar-refractivity contribution in [3.8, 4) is 0 Å². The van der Waals surface area contributed by atoms with E-state index in [0.717, 1.165) is 6.42 Å². The molecule has 0 aromatic carbocycles. The molecule has 0 aromatic heterocycles. The molecule has 2 aliphatic heterocycles. The maximum atomic E-state index is 12.4. The van der Waals surface area contributed by atoms with Crippen molar-refractivity contribution in [3.05, 3.63) is 0 Å². The molecule has 1 saturated carbocycles. The van der Waals surface area contributed by atoms with E-state index < -0.39 is 21.1 Å². The van der Waals surface area contributed by atoms with E-state index in [2.05, 4.69) is 0 Å². The van der Waals surface area contributed by atoms with Gasteiger partial charge in [0.05, 0.1) is 11.7 Å². The molecule has 7 heteroatoms. The Bertz CT molecular complexity index is 562. The molecule has 6 nitrogen and oxygen atoms in total. The maximum Gasteiger partial charge on any atom is 0.307 e. The molecular weight excluding hydrogens is 294 g/mol. The average molecular weight is 315 g/mol. The Morgan fingerprint density at radius 3 is 2.33 bits per heavy atom. The second-order valence-corrected chi connectivity index (χ2v) is 8.94. The van der Waals surface area contributed by atoms with Crippen LogP contribution in [-0.4, -0.2) is 54.4 Å². The first-order chi connectivity index (χ1) is 9.86. The van der Waals surface area contributed by atoms with Crippen molar-refractivity contribution in [1.82, 2.24) is 4.90 Å². The van der Waals surface area contributed by atoms with Gasteiger partial charge in [0, 0.05) is 13.1 Å². The smallest absolute Gasteiger partial charge is 0.307 e. The highest BCUT2D eigenvalue weighted by Crippen LogP contribution is 2.59. The highest BCUT2D eigenvalue weighted by molar-refractivity contribution is 7.92. The van der Waals surface area contributed by atoms with Gasteiger partial charge in [-0.2, -0.15) is 0 Å². The fourth-order valence-electron chi connectivity index (χ4n) is 3.86. The Morgan fingerprint density at radius 2 is 1.81 bits per heavy atom. The Morgan fingerprint density at radius 1 is 1.14 bits per heavy atom. The molecular formula is C14H21NO5S. The number of hydrogen-bond acceptors (Lipinski definition) is 4. The van der Waals surface area contributed by atoms with E-state index in [-0.39, 0.29) is 23.0 Å². The van der Waals surface area contributed by atoms with Crippen molar-refractivity contribution in [1.29, 1.82) is 0 Å². The van der Waals surface area contributed by atoms with Crippen molar-refractivity contribution in [2.75, 3.05) is 18.8 Å². The van der Waals surface area contributed by atoms with Crippen LogP contribution in [0.5, 0.6) is 0 Å². The van der Waals surface area contributed by atoms with Crippen LogP contribution in [0, 0.1) is 11.3 Å². The number of likely N-dealkylation sites (tertiary alicyclic amines) is 1. The first-order valence-electron chi connectivity index (χ1n) is 7.59. The van der Waals surface area contributed by atoms with E-state index in [1.807, 2.05) is 0 Å². The zero-order chi connectivity index (χ0) is 15.3. The number of carbonyl (C=O) groups excluding carboxylic acids is 1. The summed E-state index contributed by atoms with van der Waals surface area (Å²) in [6.45, 7) is 0.989. The summed E-state index contributed by atoms with van der Waals surface area (Å²) >= 11 is 0. The lowest BCUT2D eigenvalue weighted by Gasteiger charge is -2.35. The summed E-state index contributed by atoms with van der Waals surface area (Å²) in [6, 6.07) is 0. The molecule has 1 aliphatic carbocycles. The molecule has 2 heterocycles. The molecule has 2 atom stereocenters. The topological polar surface area (TPSA) is 91.8 Å². The van der Waals surface area contributed by atoms with Gasteiger partial charge in [0.25, 0.3) is 0 Å². The van der Waals surface area contributed by atoms with Gasteiger partial charge in [-0.3, -0.25) is 9.59 Å². The van der Waals surface area contributed by atoms with Gasteiger partial charge in [0.2, 0.25) is 5.91 Å². The lowest BCUT2D eigenvalue weighted by atomic mass is 9.90. The fraction of sp³-hybridized carbons (Fsp3) is 0.857. The molecule has 3 rings (SSSR count). The predicted molar refractivity (Wildman–Crippen MR) is 75.4 cm³/mol. The number of piperidine rings is 1. The van der Waals surface area contributed by atoms with Crippen LogP contribution in [0.2, 0.25) is 0 Å². The Kier molecular flexibility index (Phi) is 3.50. The Hall–Kier alpha value is -1.11. The maximum absolute atomic E-state index is 12.4. The summed E-state index contributed by atoms with van der Waals surface area (Å²) < 4.78 is 24.0. The summed E-state index contributed by atoms with van der Waals surface area (Å²) in [5.41, 5.74) is -0.131. The fourth-order valence-corrected chi connectivity index (χ4v) is 5.73. The third-order valence-corrected chi connectivity index (χ3v) is 7.57. The zero-order valence-electron chi connectivity index (χ0n) is 12.0. The van der Waals surface area contributed by atoms with E-state index in [0.29, 0.717) is 45.2 Å². The molecule has 1 amide bonds. The monoisotopic (exact) mass is 315 g/mol. The van der Waals surface area contributed by atoms with Gasteiger partial charge in [-0.05, 0) is 37.5 Å². The highest BCUT2D eigenvalue weighted by Gasteiger charge is 2.59. The molecule has 1 spiro atoms. The van der Waals surface area contributed by atoms with E-state index in [4.69, 9.17) is 5.11 Å². The number of sulfone groups is 1. The first kappa shape index (κ1) is 14.8. The third kappa shape index (κ3) is 2.56. The van der Waals surface area contributed by atoms with Crippen molar-refractivity contribution < 1.29 is 23.1 Å². The van der Waals surface area contributed by atoms with Crippen LogP contribution < -0.4 is 0 Å². The van der Waals surface area contributed by atoms with Gasteiger partial charge in [0.15, 0.2) is 9.84 Å². The van der Waals surface area contributed by atoms with E-state index in [1.54, 1.807) is 4.90 Å². The van der Waals surface area contributed by atoms with E-state index in [1.165, 1.54) is 0 Å². The number of carboxylic acid groups (broad SMARTS) is 1. The molecule has 21 heavy (non-hydrogen) atoms. The van der Waals surface area contributed by atoms with Crippen LogP contribution in [0.15, 0.2) is 0 Å². The molecule has 3 fully saturated rings. The Balaban J connectivity index is 1.62. The minimum Gasteiger partial charge on any atom is -0.481 e. The lowest BCUT2D eigenvalue weighted by molar-refractivity contribution is -0.139. The minimum atomic E-state index is -3.29. The van der Waals surface area contributed by atoms with Gasteiger partial charge < -0.3 is 10.0 Å². The summed E-state index contributed by atoms with van der Waals surface area (Å²) in [5.74, 6) is -1.17. The van der Waals surface area contributed by atoms with E-state index >= 15 is 0 Å². The third-order valence-electron chi connectivity index (χ3n) is 5.41. The van der Waals surface area contributed by atoms with Crippen LogP contribution in [-0.2, 0) is 19.4 Å². The molecule has 0 aromatic rings. The van der Waals surface area contributed by atoms with Gasteiger partial charge in [-0.25, -0.2) is 8.42 Å². The van der Waals surface area contributed by atoms with Gasteiger partial charge in [-0.15, -0.1) is 0 Å². The van der Waals surface area contributed by atoms with Crippen molar-refractivity contribution >= 4 is 21.7 Å². The van der Waals surface area contributed by atoms with Gasteiger partial charge >= 0.3 is 5.97 Å². The molecule has 2 saturated heterocycles. The number of carboxylic acids is 1. The number of aliphatic carboxylic acids is 1. The molecule has 0 bridgehead atoms. The van der Waals surface area contributed by atoms with Crippen LogP contribution >= 0.6 is 0 Å². The van der Waals surface area contributed by atoms with Gasteiger partial charge in [0.1, 0.15) is 5.25 Å². The predicted octanol–water partition coefficient (Wildman–Crippen LogP) is 0.667. The SMILES string of the molecule is O=C(O)C1CC12CCN(C(=O)C1CCCCS1(=O)=O)CC2. The minimum absolute atomic E-state index is 0.113. The van der Waals surface area contributed by atoms with Crippen molar-refractivity contribution in [2.45, 2.75) is 43.8 Å².